The van der Waals surface area contributed by atoms with E-state index in [1.807, 2.05) is 38.1 Å². The van der Waals surface area contributed by atoms with Crippen LogP contribution in [0.15, 0.2) is 28.8 Å². The molecule has 1 aliphatic heterocycles. The van der Waals surface area contributed by atoms with Crippen LogP contribution in [0.2, 0.25) is 0 Å². The van der Waals surface area contributed by atoms with Crippen LogP contribution < -0.4 is 10.1 Å². The molecule has 1 atom stereocenters. The molecule has 0 bridgehead atoms. The number of anilines is 1. The van der Waals surface area contributed by atoms with Gasteiger partial charge >= 0.3 is 0 Å². The lowest BCUT2D eigenvalue weighted by Gasteiger charge is -2.15. The van der Waals surface area contributed by atoms with Crippen LogP contribution in [0.3, 0.4) is 0 Å². The zero-order valence-corrected chi connectivity index (χ0v) is 14.7. The molecule has 6 nitrogen and oxygen atoms in total. The maximum Gasteiger partial charge on any atom is 0.224 e. The van der Waals surface area contributed by atoms with Crippen LogP contribution in [0.1, 0.15) is 36.3 Å². The number of nitrogens with zero attached hydrogens (tertiary/aromatic N) is 1. The molecular weight excluding hydrogens is 320 g/mol. The molecule has 0 spiro atoms. The quantitative estimate of drug-likeness (QED) is 0.833. The third kappa shape index (κ3) is 4.60. The molecular formula is C19H24N2O4. The Morgan fingerprint density at radius 2 is 2.20 bits per heavy atom. The van der Waals surface area contributed by atoms with E-state index in [0.717, 1.165) is 36.5 Å². The average Bonchev–Trinajstić information content (AvgIpc) is 3.23. The summed E-state index contributed by atoms with van der Waals surface area (Å²) in [5.74, 6) is 1.38. The molecule has 1 aliphatic rings. The Kier molecular flexibility index (Phi) is 5.71. The predicted octanol–water partition coefficient (Wildman–Crippen LogP) is 3.42. The number of benzene rings is 1. The highest BCUT2D eigenvalue weighted by Crippen LogP contribution is 2.25. The fourth-order valence-corrected chi connectivity index (χ4v) is 2.96. The van der Waals surface area contributed by atoms with Gasteiger partial charge in [0.25, 0.3) is 0 Å². The monoisotopic (exact) mass is 344 g/mol. The summed E-state index contributed by atoms with van der Waals surface area (Å²) in [6.45, 7) is 5.06. The van der Waals surface area contributed by atoms with Gasteiger partial charge in [0.15, 0.2) is 0 Å². The lowest BCUT2D eigenvalue weighted by atomic mass is 10.1. The largest absolute Gasteiger partial charge is 0.489 e. The second-order valence-corrected chi connectivity index (χ2v) is 6.29. The molecule has 0 aliphatic carbocycles. The molecule has 2 heterocycles. The highest BCUT2D eigenvalue weighted by atomic mass is 16.5. The molecule has 0 saturated carbocycles. The molecule has 1 N–H and O–H groups in total. The minimum Gasteiger partial charge on any atom is -0.489 e. The Morgan fingerprint density at radius 3 is 2.92 bits per heavy atom. The molecule has 1 unspecified atom stereocenters. The topological polar surface area (TPSA) is 73.6 Å². The first-order valence-electron chi connectivity index (χ1n) is 8.68. The van der Waals surface area contributed by atoms with Crippen LogP contribution in [-0.2, 0) is 16.0 Å². The molecule has 1 amide bonds. The van der Waals surface area contributed by atoms with Gasteiger partial charge in [-0.3, -0.25) is 4.79 Å². The van der Waals surface area contributed by atoms with Crippen LogP contribution in [0.25, 0.3) is 0 Å². The maximum atomic E-state index is 12.3. The van der Waals surface area contributed by atoms with Crippen molar-refractivity contribution in [2.24, 2.45) is 0 Å². The first kappa shape index (κ1) is 17.5. The van der Waals surface area contributed by atoms with Gasteiger partial charge in [0.2, 0.25) is 5.91 Å². The minimum absolute atomic E-state index is 0.0619. The van der Waals surface area contributed by atoms with Crippen molar-refractivity contribution in [3.05, 3.63) is 41.3 Å². The predicted molar refractivity (Wildman–Crippen MR) is 93.8 cm³/mol. The van der Waals surface area contributed by atoms with Crippen molar-refractivity contribution in [3.63, 3.8) is 0 Å². The lowest BCUT2D eigenvalue weighted by Crippen LogP contribution is -2.18. The maximum absolute atomic E-state index is 12.3. The smallest absolute Gasteiger partial charge is 0.224 e. The van der Waals surface area contributed by atoms with Crippen LogP contribution in [0.4, 0.5) is 5.69 Å². The third-order valence-electron chi connectivity index (χ3n) is 4.39. The molecule has 25 heavy (non-hydrogen) atoms. The number of carbonyl (C=O) groups is 1. The summed E-state index contributed by atoms with van der Waals surface area (Å²) in [6, 6.07) is 7.48. The van der Waals surface area contributed by atoms with E-state index >= 15 is 0 Å². The number of hydrogen-bond acceptors (Lipinski definition) is 5. The van der Waals surface area contributed by atoms with E-state index in [-0.39, 0.29) is 12.0 Å². The van der Waals surface area contributed by atoms with E-state index in [0.29, 0.717) is 30.9 Å². The third-order valence-corrected chi connectivity index (χ3v) is 4.39. The number of ether oxygens (including phenoxy) is 2. The highest BCUT2D eigenvalue weighted by Gasteiger charge is 2.17. The molecule has 134 valence electrons. The molecule has 2 aromatic rings. The Morgan fingerprint density at radius 1 is 1.36 bits per heavy atom. The summed E-state index contributed by atoms with van der Waals surface area (Å²) in [5.41, 5.74) is 2.52. The normalized spacial score (nSPS) is 16.8. The van der Waals surface area contributed by atoms with E-state index in [9.17, 15) is 4.79 Å². The van der Waals surface area contributed by atoms with Gasteiger partial charge in [-0.05, 0) is 45.2 Å². The van der Waals surface area contributed by atoms with Crippen LogP contribution in [-0.4, -0.2) is 30.4 Å². The van der Waals surface area contributed by atoms with Crippen molar-refractivity contribution in [1.29, 1.82) is 0 Å². The van der Waals surface area contributed by atoms with Crippen molar-refractivity contribution in [3.8, 4) is 5.75 Å². The number of carbonyl (C=O) groups excluding carboxylic acids is 1. The van der Waals surface area contributed by atoms with Crippen LogP contribution in [0.5, 0.6) is 5.75 Å². The number of hydrogen-bond donors (Lipinski definition) is 1. The summed E-state index contributed by atoms with van der Waals surface area (Å²) in [7, 11) is 0. The second-order valence-electron chi connectivity index (χ2n) is 6.29. The highest BCUT2D eigenvalue weighted by molar-refractivity contribution is 5.92. The molecule has 0 radical (unpaired) electrons. The fourth-order valence-electron chi connectivity index (χ4n) is 2.96. The van der Waals surface area contributed by atoms with E-state index in [2.05, 4.69) is 10.5 Å². The zero-order valence-electron chi connectivity index (χ0n) is 14.7. The first-order chi connectivity index (χ1) is 12.1. The van der Waals surface area contributed by atoms with Crippen molar-refractivity contribution in [2.45, 2.75) is 45.6 Å². The number of rotatable bonds is 7. The lowest BCUT2D eigenvalue weighted by molar-refractivity contribution is -0.116. The minimum atomic E-state index is -0.0619. The molecule has 3 rings (SSSR count). The van der Waals surface area contributed by atoms with Gasteiger partial charge in [-0.25, -0.2) is 0 Å². The first-order valence-corrected chi connectivity index (χ1v) is 8.68. The van der Waals surface area contributed by atoms with Crippen molar-refractivity contribution >= 4 is 11.6 Å². The number of aryl methyl sites for hydroxylation is 2. The summed E-state index contributed by atoms with van der Waals surface area (Å²) >= 11 is 0. The van der Waals surface area contributed by atoms with Crippen molar-refractivity contribution < 1.29 is 18.8 Å². The van der Waals surface area contributed by atoms with Crippen LogP contribution >= 0.6 is 0 Å². The molecule has 1 aromatic carbocycles. The van der Waals surface area contributed by atoms with Gasteiger partial charge in [-0.15, -0.1) is 0 Å². The Balaban J connectivity index is 1.55. The number of nitrogens with one attached hydrogen (secondary N) is 1. The van der Waals surface area contributed by atoms with Crippen molar-refractivity contribution in [1.82, 2.24) is 5.16 Å². The van der Waals surface area contributed by atoms with E-state index in [1.54, 1.807) is 0 Å². The summed E-state index contributed by atoms with van der Waals surface area (Å²) in [5, 5.41) is 6.85. The Hall–Kier alpha value is -2.34. The van der Waals surface area contributed by atoms with E-state index < -0.39 is 0 Å². The van der Waals surface area contributed by atoms with Gasteiger partial charge in [-0.1, -0.05) is 17.3 Å². The second kappa shape index (κ2) is 8.16. The van der Waals surface area contributed by atoms with E-state index in [4.69, 9.17) is 14.0 Å². The van der Waals surface area contributed by atoms with Gasteiger partial charge < -0.3 is 19.3 Å². The van der Waals surface area contributed by atoms with Gasteiger partial charge in [0.1, 0.15) is 18.1 Å². The number of aromatic nitrogens is 1. The van der Waals surface area contributed by atoms with E-state index in [1.165, 1.54) is 0 Å². The fraction of sp³-hybridized carbons (Fsp3) is 0.474. The zero-order chi connectivity index (χ0) is 17.6. The molecule has 1 fully saturated rings. The number of amides is 1. The summed E-state index contributed by atoms with van der Waals surface area (Å²) in [4.78, 5) is 12.3. The molecule has 6 heteroatoms. The summed E-state index contributed by atoms with van der Waals surface area (Å²) < 4.78 is 16.5. The average molecular weight is 344 g/mol. The van der Waals surface area contributed by atoms with Crippen molar-refractivity contribution in [2.75, 3.05) is 18.5 Å². The van der Waals surface area contributed by atoms with Crippen LogP contribution in [0, 0.1) is 13.8 Å². The van der Waals surface area contributed by atoms with Gasteiger partial charge in [0.05, 0.1) is 17.5 Å². The molecule has 1 saturated heterocycles. The summed E-state index contributed by atoms with van der Waals surface area (Å²) in [6.07, 6.45) is 3.21. The van der Waals surface area contributed by atoms with Gasteiger partial charge in [0, 0.05) is 18.6 Å². The SMILES string of the molecule is Cc1noc(C)c1CCC(=O)Nc1ccccc1OCC1CCCO1. The standard InChI is InChI=1S/C19H24N2O4/c1-13-16(14(2)25-21-13)9-10-19(22)20-17-7-3-4-8-18(17)24-12-15-6-5-11-23-15/h3-4,7-8,15H,5-6,9-12H2,1-2H3,(H,20,22). The number of para-hydroxylation sites is 2. The molecule has 1 aromatic heterocycles. The Bertz CT molecular complexity index is 700. The Labute approximate surface area is 147 Å². The van der Waals surface area contributed by atoms with Gasteiger partial charge in [-0.2, -0.15) is 0 Å².